The molecule has 0 heterocycles. The van der Waals surface area contributed by atoms with Crippen LogP contribution in [0.15, 0.2) is 30.3 Å². The first-order chi connectivity index (χ1) is 8.02. The van der Waals surface area contributed by atoms with Crippen molar-refractivity contribution in [1.29, 1.82) is 0 Å². The third-order valence-electron chi connectivity index (χ3n) is 3.36. The molecule has 0 aliphatic heterocycles. The van der Waals surface area contributed by atoms with Gasteiger partial charge in [-0.25, -0.2) is 0 Å². The quantitative estimate of drug-likeness (QED) is 0.678. The van der Waals surface area contributed by atoms with Crippen molar-refractivity contribution in [2.45, 2.75) is 39.5 Å². The highest BCUT2D eigenvalue weighted by Gasteiger charge is 2.14. The van der Waals surface area contributed by atoms with Gasteiger partial charge in [-0.15, -0.1) is 9.24 Å². The van der Waals surface area contributed by atoms with E-state index in [4.69, 9.17) is 0 Å². The summed E-state index contributed by atoms with van der Waals surface area (Å²) in [5, 5.41) is 4.16. The molecule has 1 heteroatoms. The Morgan fingerprint density at radius 3 is 2.18 bits per heavy atom. The Labute approximate surface area is 107 Å². The second-order valence-corrected chi connectivity index (χ2v) is 5.90. The Kier molecular flexibility index (Phi) is 3.54. The van der Waals surface area contributed by atoms with Crippen LogP contribution in [0.25, 0.3) is 10.8 Å². The summed E-state index contributed by atoms with van der Waals surface area (Å²) in [6.07, 6.45) is 0. The van der Waals surface area contributed by atoms with E-state index in [1.165, 1.54) is 27.2 Å². The molecule has 2 aromatic rings. The van der Waals surface area contributed by atoms with Gasteiger partial charge in [-0.05, 0) is 39.0 Å². The molecule has 2 aromatic carbocycles. The van der Waals surface area contributed by atoms with E-state index in [2.05, 4.69) is 67.3 Å². The van der Waals surface area contributed by atoms with Crippen LogP contribution in [0.5, 0.6) is 0 Å². The van der Waals surface area contributed by atoms with Gasteiger partial charge < -0.3 is 0 Å². The topological polar surface area (TPSA) is 0 Å². The Balaban J connectivity index is 2.85. The van der Waals surface area contributed by atoms with Crippen LogP contribution in [0.1, 0.15) is 50.7 Å². The second kappa shape index (κ2) is 4.78. The van der Waals surface area contributed by atoms with Crippen LogP contribution < -0.4 is 5.30 Å². The summed E-state index contributed by atoms with van der Waals surface area (Å²) in [7, 11) is 2.95. The predicted octanol–water partition coefficient (Wildman–Crippen LogP) is 4.59. The molecule has 1 atom stereocenters. The van der Waals surface area contributed by atoms with Gasteiger partial charge in [0, 0.05) is 0 Å². The SMILES string of the molecule is CC(C)c1cc2ccccc2c(C(C)C)c1P. The zero-order valence-electron chi connectivity index (χ0n) is 11.1. The third-order valence-corrected chi connectivity index (χ3v) is 4.01. The van der Waals surface area contributed by atoms with E-state index in [-0.39, 0.29) is 0 Å². The van der Waals surface area contributed by atoms with Gasteiger partial charge in [0.05, 0.1) is 0 Å². The zero-order valence-corrected chi connectivity index (χ0v) is 12.3. The van der Waals surface area contributed by atoms with Crippen molar-refractivity contribution in [3.8, 4) is 0 Å². The third kappa shape index (κ3) is 2.24. The maximum Gasteiger partial charge on any atom is -0.0143 e. The van der Waals surface area contributed by atoms with Crippen molar-refractivity contribution < 1.29 is 0 Å². The van der Waals surface area contributed by atoms with Crippen LogP contribution in [0, 0.1) is 0 Å². The van der Waals surface area contributed by atoms with Gasteiger partial charge in [0.1, 0.15) is 0 Å². The van der Waals surface area contributed by atoms with Gasteiger partial charge in [0.2, 0.25) is 0 Å². The molecular weight excluding hydrogens is 223 g/mol. The molecule has 0 nitrogen and oxygen atoms in total. The van der Waals surface area contributed by atoms with E-state index < -0.39 is 0 Å². The average molecular weight is 244 g/mol. The first kappa shape index (κ1) is 12.6. The molecule has 0 aliphatic rings. The van der Waals surface area contributed by atoms with Gasteiger partial charge in [-0.1, -0.05) is 58.0 Å². The lowest BCUT2D eigenvalue weighted by molar-refractivity contribution is 0.854. The molecule has 0 saturated carbocycles. The highest BCUT2D eigenvalue weighted by Crippen LogP contribution is 2.29. The highest BCUT2D eigenvalue weighted by molar-refractivity contribution is 7.27. The average Bonchev–Trinajstić information content (AvgIpc) is 2.27. The van der Waals surface area contributed by atoms with Crippen LogP contribution in [-0.2, 0) is 0 Å². The standard InChI is InChI=1S/C16H21P/c1-10(2)14-9-12-7-5-6-8-13(12)15(11(3)4)16(14)17/h5-11H,17H2,1-4H3. The van der Waals surface area contributed by atoms with E-state index in [9.17, 15) is 0 Å². The van der Waals surface area contributed by atoms with Gasteiger partial charge in [0.25, 0.3) is 0 Å². The van der Waals surface area contributed by atoms with Crippen LogP contribution in [0.4, 0.5) is 0 Å². The fourth-order valence-corrected chi connectivity index (χ4v) is 3.42. The maximum atomic E-state index is 2.95. The molecule has 0 fully saturated rings. The Morgan fingerprint density at radius 2 is 1.59 bits per heavy atom. The number of fused-ring (bicyclic) bond motifs is 1. The molecule has 17 heavy (non-hydrogen) atoms. The van der Waals surface area contributed by atoms with Crippen LogP contribution in [0.3, 0.4) is 0 Å². The van der Waals surface area contributed by atoms with E-state index >= 15 is 0 Å². The van der Waals surface area contributed by atoms with Crippen molar-refractivity contribution in [1.82, 2.24) is 0 Å². The summed E-state index contributed by atoms with van der Waals surface area (Å²) < 4.78 is 0. The summed E-state index contributed by atoms with van der Waals surface area (Å²) in [6, 6.07) is 11.1. The Morgan fingerprint density at radius 1 is 0.941 bits per heavy atom. The minimum Gasteiger partial charge on any atom is -0.105 e. The molecule has 0 aliphatic carbocycles. The monoisotopic (exact) mass is 244 g/mol. The Hall–Kier alpha value is -0.870. The van der Waals surface area contributed by atoms with Crippen molar-refractivity contribution in [2.75, 3.05) is 0 Å². The minimum atomic E-state index is 0.561. The second-order valence-electron chi connectivity index (χ2n) is 5.32. The Bertz CT molecular complexity index is 538. The fraction of sp³-hybridized carbons (Fsp3) is 0.375. The summed E-state index contributed by atoms with van der Waals surface area (Å²) in [5.41, 5.74) is 2.94. The molecule has 0 N–H and O–H groups in total. The van der Waals surface area contributed by atoms with E-state index in [0.717, 1.165) is 0 Å². The van der Waals surface area contributed by atoms with Crippen molar-refractivity contribution in [3.63, 3.8) is 0 Å². The summed E-state index contributed by atoms with van der Waals surface area (Å²) in [6.45, 7) is 9.09. The number of rotatable bonds is 2. The van der Waals surface area contributed by atoms with Gasteiger partial charge in [-0.3, -0.25) is 0 Å². The van der Waals surface area contributed by atoms with Gasteiger partial charge in [0.15, 0.2) is 0 Å². The molecule has 90 valence electrons. The minimum absolute atomic E-state index is 0.561. The van der Waals surface area contributed by atoms with Crippen LogP contribution >= 0.6 is 9.24 Å². The lowest BCUT2D eigenvalue weighted by Gasteiger charge is -2.19. The molecule has 0 aromatic heterocycles. The first-order valence-corrected chi connectivity index (χ1v) is 6.91. The van der Waals surface area contributed by atoms with Crippen LogP contribution in [-0.4, -0.2) is 0 Å². The molecule has 0 amide bonds. The largest absolute Gasteiger partial charge is 0.105 e. The fourth-order valence-electron chi connectivity index (χ4n) is 2.51. The summed E-state index contributed by atoms with van der Waals surface area (Å²) in [5.74, 6) is 1.13. The predicted molar refractivity (Wildman–Crippen MR) is 81.5 cm³/mol. The number of hydrogen-bond donors (Lipinski definition) is 0. The van der Waals surface area contributed by atoms with E-state index in [1.807, 2.05) is 0 Å². The molecule has 1 unspecified atom stereocenters. The van der Waals surface area contributed by atoms with E-state index in [1.54, 1.807) is 0 Å². The highest BCUT2D eigenvalue weighted by atomic mass is 31.0. The zero-order chi connectivity index (χ0) is 12.6. The van der Waals surface area contributed by atoms with Gasteiger partial charge >= 0.3 is 0 Å². The molecule has 0 bridgehead atoms. The summed E-state index contributed by atoms with van der Waals surface area (Å²) >= 11 is 0. The lowest BCUT2D eigenvalue weighted by Crippen LogP contribution is -2.12. The molecule has 0 radical (unpaired) electrons. The van der Waals surface area contributed by atoms with Crippen molar-refractivity contribution in [3.05, 3.63) is 41.5 Å². The van der Waals surface area contributed by atoms with Crippen molar-refractivity contribution >= 4 is 25.3 Å². The smallest absolute Gasteiger partial charge is 0.0143 e. The maximum absolute atomic E-state index is 2.95. The number of hydrogen-bond acceptors (Lipinski definition) is 0. The number of benzene rings is 2. The van der Waals surface area contributed by atoms with Gasteiger partial charge in [-0.2, -0.15) is 0 Å². The molecule has 0 spiro atoms. The molecular formula is C16H21P. The van der Waals surface area contributed by atoms with Crippen molar-refractivity contribution in [2.24, 2.45) is 0 Å². The summed E-state index contributed by atoms with van der Waals surface area (Å²) in [4.78, 5) is 0. The normalized spacial score (nSPS) is 11.7. The molecule has 0 saturated heterocycles. The first-order valence-electron chi connectivity index (χ1n) is 6.33. The molecule has 2 rings (SSSR count). The van der Waals surface area contributed by atoms with Crippen LogP contribution in [0.2, 0.25) is 0 Å². The van der Waals surface area contributed by atoms with E-state index in [0.29, 0.717) is 11.8 Å². The lowest BCUT2D eigenvalue weighted by atomic mass is 9.90.